The van der Waals surface area contributed by atoms with Crippen LogP contribution in [0.2, 0.25) is 0 Å². The average molecular weight is 180 g/mol. The highest BCUT2D eigenvalue weighted by Crippen LogP contribution is 2.25. The van der Waals surface area contributed by atoms with Gasteiger partial charge in [-0.2, -0.15) is 0 Å². The minimum absolute atomic E-state index is 1.10. The van der Waals surface area contributed by atoms with Gasteiger partial charge >= 0.3 is 7.82 Å². The lowest BCUT2D eigenvalue weighted by molar-refractivity contribution is 0.275. The molecule has 0 aliphatic rings. The minimum atomic E-state index is -4.64. The predicted octanol–water partition coefficient (Wildman–Crippen LogP) is 1.21. The third-order valence-corrected chi connectivity index (χ3v) is 0.508. The molecule has 0 aromatic carbocycles. The van der Waals surface area contributed by atoms with Crippen LogP contribution in [0.25, 0.3) is 0 Å². The molecule has 0 aromatic heterocycles. The zero-order valence-electron chi connectivity index (χ0n) is 6.34. The Morgan fingerprint density at radius 2 is 1.82 bits per heavy atom. The number of rotatable bonds is 2. The molecule has 0 rings (SSSR count). The SMILES string of the molecule is C=CC=CCC.O=P(O)(O)O. The Hall–Kier alpha value is -0.410. The van der Waals surface area contributed by atoms with E-state index in [1.165, 1.54) is 0 Å². The van der Waals surface area contributed by atoms with E-state index in [-0.39, 0.29) is 0 Å². The molecule has 0 aromatic rings. The van der Waals surface area contributed by atoms with Crippen molar-refractivity contribution in [2.75, 3.05) is 0 Å². The summed E-state index contributed by atoms with van der Waals surface area (Å²) in [6.45, 7) is 5.61. The molecule has 0 atom stereocenters. The molecule has 0 aliphatic carbocycles. The van der Waals surface area contributed by atoms with Crippen molar-refractivity contribution < 1.29 is 19.2 Å². The molecule has 0 aliphatic heterocycles. The molecule has 0 saturated heterocycles. The second-order valence-corrected chi connectivity index (χ2v) is 2.61. The standard InChI is InChI=1S/C6H10.H3O4P/c1-3-5-6-4-2;1-5(2,3)4/h3,5-6H,1,4H2,2H3;(H3,1,2,3,4). The molecule has 0 heterocycles. The summed E-state index contributed by atoms with van der Waals surface area (Å²) in [5, 5.41) is 0. The van der Waals surface area contributed by atoms with Crippen molar-refractivity contribution in [3.63, 3.8) is 0 Å². The maximum absolute atomic E-state index is 8.88. The minimum Gasteiger partial charge on any atom is -0.303 e. The Kier molecular flexibility index (Phi) is 9.23. The predicted molar refractivity (Wildman–Crippen MR) is 43.9 cm³/mol. The van der Waals surface area contributed by atoms with E-state index in [1.54, 1.807) is 6.08 Å². The summed E-state index contributed by atoms with van der Waals surface area (Å²) in [5.41, 5.74) is 0. The van der Waals surface area contributed by atoms with E-state index in [0.29, 0.717) is 0 Å². The van der Waals surface area contributed by atoms with Crippen LogP contribution in [0.15, 0.2) is 24.8 Å². The zero-order chi connectivity index (χ0) is 9.33. The lowest BCUT2D eigenvalue weighted by Crippen LogP contribution is -1.66. The van der Waals surface area contributed by atoms with Crippen LogP contribution in [0.3, 0.4) is 0 Å². The summed E-state index contributed by atoms with van der Waals surface area (Å²) in [7, 11) is -4.64. The molecule has 0 fully saturated rings. The van der Waals surface area contributed by atoms with Gasteiger partial charge in [0.1, 0.15) is 0 Å². The summed E-state index contributed by atoms with van der Waals surface area (Å²) < 4.78 is 8.88. The third kappa shape index (κ3) is 82.4. The van der Waals surface area contributed by atoms with Crippen molar-refractivity contribution in [1.29, 1.82) is 0 Å². The van der Waals surface area contributed by atoms with E-state index in [0.717, 1.165) is 6.42 Å². The lowest BCUT2D eigenvalue weighted by Gasteiger charge is -1.82. The molecular weight excluding hydrogens is 167 g/mol. The second kappa shape index (κ2) is 7.69. The summed E-state index contributed by atoms with van der Waals surface area (Å²) >= 11 is 0. The summed E-state index contributed by atoms with van der Waals surface area (Å²) in [4.78, 5) is 21.6. The number of allylic oxidation sites excluding steroid dienone is 3. The molecule has 5 heteroatoms. The van der Waals surface area contributed by atoms with Crippen LogP contribution in [0, 0.1) is 0 Å². The highest BCUT2D eigenvalue weighted by atomic mass is 31.2. The second-order valence-electron chi connectivity index (χ2n) is 1.59. The van der Waals surface area contributed by atoms with E-state index in [1.807, 2.05) is 6.08 Å². The van der Waals surface area contributed by atoms with Crippen molar-refractivity contribution in [3.05, 3.63) is 24.8 Å². The van der Waals surface area contributed by atoms with Gasteiger partial charge < -0.3 is 14.7 Å². The van der Waals surface area contributed by atoms with Crippen molar-refractivity contribution in [2.45, 2.75) is 13.3 Å². The van der Waals surface area contributed by atoms with Crippen molar-refractivity contribution in [1.82, 2.24) is 0 Å². The highest BCUT2D eigenvalue weighted by molar-refractivity contribution is 7.45. The van der Waals surface area contributed by atoms with E-state index >= 15 is 0 Å². The third-order valence-electron chi connectivity index (χ3n) is 0.508. The van der Waals surface area contributed by atoms with Crippen molar-refractivity contribution in [3.8, 4) is 0 Å². The van der Waals surface area contributed by atoms with Gasteiger partial charge in [-0.25, -0.2) is 4.57 Å². The molecule has 0 amide bonds. The molecule has 0 spiro atoms. The van der Waals surface area contributed by atoms with Crippen LogP contribution in [0.5, 0.6) is 0 Å². The fourth-order valence-corrected chi connectivity index (χ4v) is 0.232. The van der Waals surface area contributed by atoms with Crippen LogP contribution in [0.4, 0.5) is 0 Å². The Labute approximate surface area is 66.1 Å². The maximum Gasteiger partial charge on any atom is 0.466 e. The van der Waals surface area contributed by atoms with Crippen LogP contribution >= 0.6 is 7.82 Å². The fourth-order valence-electron chi connectivity index (χ4n) is 0.232. The lowest BCUT2D eigenvalue weighted by atomic mass is 10.4. The number of phosphoric acid groups is 1. The van der Waals surface area contributed by atoms with E-state index in [2.05, 4.69) is 19.6 Å². The van der Waals surface area contributed by atoms with Gasteiger partial charge in [0.15, 0.2) is 0 Å². The Balaban J connectivity index is 0. The fraction of sp³-hybridized carbons (Fsp3) is 0.333. The quantitative estimate of drug-likeness (QED) is 0.441. The van der Waals surface area contributed by atoms with Gasteiger partial charge in [-0.05, 0) is 6.42 Å². The molecule has 0 saturated carbocycles. The Morgan fingerprint density at radius 1 is 1.45 bits per heavy atom. The number of hydrogen-bond donors (Lipinski definition) is 3. The molecule has 0 unspecified atom stereocenters. The largest absolute Gasteiger partial charge is 0.466 e. The first-order valence-electron chi connectivity index (χ1n) is 2.97. The van der Waals surface area contributed by atoms with Crippen molar-refractivity contribution >= 4 is 7.82 Å². The summed E-state index contributed by atoms with van der Waals surface area (Å²) in [6.07, 6.45) is 6.89. The number of hydrogen-bond acceptors (Lipinski definition) is 1. The van der Waals surface area contributed by atoms with Crippen LogP contribution in [0.1, 0.15) is 13.3 Å². The first-order chi connectivity index (χ1) is 4.91. The first-order valence-corrected chi connectivity index (χ1v) is 4.54. The normalized spacial score (nSPS) is 10.5. The smallest absolute Gasteiger partial charge is 0.303 e. The van der Waals surface area contributed by atoms with Crippen LogP contribution in [-0.4, -0.2) is 14.7 Å². The average Bonchev–Trinajstić information content (AvgIpc) is 1.79. The molecule has 0 bridgehead atoms. The molecule has 4 nitrogen and oxygen atoms in total. The Bertz CT molecular complexity index is 150. The van der Waals surface area contributed by atoms with Gasteiger partial charge in [0.2, 0.25) is 0 Å². The summed E-state index contributed by atoms with van der Waals surface area (Å²) in [6, 6.07) is 0. The molecule has 3 N–H and O–H groups in total. The van der Waals surface area contributed by atoms with E-state index in [4.69, 9.17) is 19.2 Å². The maximum atomic E-state index is 8.88. The van der Waals surface area contributed by atoms with Gasteiger partial charge in [-0.3, -0.25) is 0 Å². The van der Waals surface area contributed by atoms with Gasteiger partial charge in [-0.1, -0.05) is 31.7 Å². The van der Waals surface area contributed by atoms with Gasteiger partial charge in [-0.15, -0.1) is 0 Å². The first kappa shape index (κ1) is 13.2. The Morgan fingerprint density at radius 3 is 1.91 bits per heavy atom. The molecular formula is C6H13O4P. The van der Waals surface area contributed by atoms with E-state index < -0.39 is 7.82 Å². The summed E-state index contributed by atoms with van der Waals surface area (Å²) in [5.74, 6) is 0. The highest BCUT2D eigenvalue weighted by Gasteiger charge is 2.00. The molecule has 0 radical (unpaired) electrons. The van der Waals surface area contributed by atoms with Crippen molar-refractivity contribution in [2.24, 2.45) is 0 Å². The topological polar surface area (TPSA) is 77.8 Å². The van der Waals surface area contributed by atoms with Gasteiger partial charge in [0.05, 0.1) is 0 Å². The molecule has 66 valence electrons. The zero-order valence-corrected chi connectivity index (χ0v) is 7.24. The van der Waals surface area contributed by atoms with E-state index in [9.17, 15) is 0 Å². The van der Waals surface area contributed by atoms with Gasteiger partial charge in [0, 0.05) is 0 Å². The molecule has 11 heavy (non-hydrogen) atoms. The van der Waals surface area contributed by atoms with Crippen LogP contribution < -0.4 is 0 Å². The van der Waals surface area contributed by atoms with Crippen LogP contribution in [-0.2, 0) is 4.57 Å². The van der Waals surface area contributed by atoms with Gasteiger partial charge in [0.25, 0.3) is 0 Å². The monoisotopic (exact) mass is 180 g/mol.